The van der Waals surface area contributed by atoms with Crippen LogP contribution < -0.4 is 0 Å². The summed E-state index contributed by atoms with van der Waals surface area (Å²) >= 11 is 0. The summed E-state index contributed by atoms with van der Waals surface area (Å²) in [5.74, 6) is -2.99. The molecule has 2 N–H and O–H groups in total. The van der Waals surface area contributed by atoms with Crippen molar-refractivity contribution in [2.45, 2.75) is 91.4 Å². The number of hydrogen-bond acceptors (Lipinski definition) is 2. The van der Waals surface area contributed by atoms with Gasteiger partial charge in [0.2, 0.25) is 0 Å². The fourth-order valence-electron chi connectivity index (χ4n) is 3.42. The van der Waals surface area contributed by atoms with Crippen LogP contribution in [0.2, 0.25) is 0 Å². The first-order chi connectivity index (χ1) is 11.0. The SMILES string of the molecule is CCCCCCC(CC(C(=O)O)C(=O)O)C(CC)CCCCC.[Ca+2].[H-].[H-]. The molecular weight excluding hydrogens is 332 g/mol. The fourth-order valence-corrected chi connectivity index (χ4v) is 3.42. The maximum Gasteiger partial charge on any atom is 2.00 e. The van der Waals surface area contributed by atoms with Gasteiger partial charge >= 0.3 is 49.7 Å². The average Bonchev–Trinajstić information content (AvgIpc) is 2.51. The Morgan fingerprint density at radius 1 is 0.792 bits per heavy atom. The summed E-state index contributed by atoms with van der Waals surface area (Å²) in [4.78, 5) is 22.5. The molecule has 0 saturated heterocycles. The maximum atomic E-state index is 11.2. The normalized spacial score (nSPS) is 13.3. The quantitative estimate of drug-likeness (QED) is 0.236. The Morgan fingerprint density at radius 2 is 1.25 bits per heavy atom. The van der Waals surface area contributed by atoms with Gasteiger partial charge in [-0.1, -0.05) is 85.0 Å². The van der Waals surface area contributed by atoms with Gasteiger partial charge in [-0.15, -0.1) is 0 Å². The Labute approximate surface area is 180 Å². The molecule has 0 bridgehead atoms. The number of unbranched alkanes of at least 4 members (excludes halogenated alkanes) is 5. The van der Waals surface area contributed by atoms with Crippen molar-refractivity contribution in [3.05, 3.63) is 0 Å². The zero-order valence-corrected chi connectivity index (χ0v) is 18.1. The summed E-state index contributed by atoms with van der Waals surface area (Å²) in [6, 6.07) is 0. The second kappa shape index (κ2) is 16.7. The van der Waals surface area contributed by atoms with Gasteiger partial charge in [0.05, 0.1) is 0 Å². The van der Waals surface area contributed by atoms with Crippen molar-refractivity contribution in [2.24, 2.45) is 17.8 Å². The van der Waals surface area contributed by atoms with E-state index in [2.05, 4.69) is 20.8 Å². The van der Waals surface area contributed by atoms with Crippen LogP contribution in [-0.4, -0.2) is 59.9 Å². The van der Waals surface area contributed by atoms with Crippen LogP contribution in [-0.2, 0) is 9.59 Å². The molecule has 5 heteroatoms. The van der Waals surface area contributed by atoms with E-state index in [1.807, 2.05) is 0 Å². The second-order valence-electron chi connectivity index (χ2n) is 6.74. The van der Waals surface area contributed by atoms with Crippen LogP contribution in [0, 0.1) is 17.8 Å². The molecule has 140 valence electrons. The molecule has 0 heterocycles. The van der Waals surface area contributed by atoms with Gasteiger partial charge in [-0.2, -0.15) is 0 Å². The Kier molecular flexibility index (Phi) is 18.3. The van der Waals surface area contributed by atoms with Gasteiger partial charge in [-0.3, -0.25) is 9.59 Å². The Bertz CT molecular complexity index is 330. The molecule has 0 aromatic rings. The van der Waals surface area contributed by atoms with Crippen LogP contribution in [0.5, 0.6) is 0 Å². The molecule has 0 spiro atoms. The third-order valence-corrected chi connectivity index (χ3v) is 4.93. The molecule has 0 aliphatic heterocycles. The van der Waals surface area contributed by atoms with Crippen molar-refractivity contribution in [2.75, 3.05) is 0 Å². The maximum absolute atomic E-state index is 11.2. The Balaban J connectivity index is -0.000000807. The zero-order valence-electron chi connectivity index (χ0n) is 17.9. The van der Waals surface area contributed by atoms with Gasteiger partial charge in [0, 0.05) is 0 Å². The van der Waals surface area contributed by atoms with Crippen LogP contribution in [0.15, 0.2) is 0 Å². The number of carboxylic acids is 2. The molecule has 0 fully saturated rings. The average molecular weight is 371 g/mol. The molecule has 0 radical (unpaired) electrons. The Morgan fingerprint density at radius 3 is 1.71 bits per heavy atom. The second-order valence-corrected chi connectivity index (χ2v) is 6.74. The summed E-state index contributed by atoms with van der Waals surface area (Å²) < 4.78 is 0. The molecule has 0 saturated carbocycles. The predicted octanol–water partition coefficient (Wildman–Crippen LogP) is 5.20. The zero-order chi connectivity index (χ0) is 17.7. The molecule has 0 aliphatic rings. The molecule has 0 amide bonds. The van der Waals surface area contributed by atoms with Gasteiger partial charge in [0.25, 0.3) is 0 Å². The van der Waals surface area contributed by atoms with E-state index < -0.39 is 17.9 Å². The van der Waals surface area contributed by atoms with Crippen LogP contribution in [0.1, 0.15) is 94.3 Å². The van der Waals surface area contributed by atoms with E-state index in [0.717, 1.165) is 38.5 Å². The van der Waals surface area contributed by atoms with E-state index >= 15 is 0 Å². The van der Waals surface area contributed by atoms with Gasteiger partial charge < -0.3 is 13.1 Å². The summed E-state index contributed by atoms with van der Waals surface area (Å²) in [6.07, 6.45) is 11.5. The molecule has 0 aromatic carbocycles. The van der Waals surface area contributed by atoms with E-state index in [9.17, 15) is 19.8 Å². The molecule has 0 aliphatic carbocycles. The summed E-state index contributed by atoms with van der Waals surface area (Å²) in [7, 11) is 0. The van der Waals surface area contributed by atoms with E-state index in [1.165, 1.54) is 25.7 Å². The molecule has 0 rings (SSSR count). The largest absolute Gasteiger partial charge is 2.00 e. The first kappa shape index (κ1) is 26.4. The minimum atomic E-state index is -1.26. The number of hydrogen-bond donors (Lipinski definition) is 2. The van der Waals surface area contributed by atoms with Crippen LogP contribution >= 0.6 is 0 Å². The monoisotopic (exact) mass is 370 g/mol. The van der Waals surface area contributed by atoms with Crippen molar-refractivity contribution in [1.82, 2.24) is 0 Å². The summed E-state index contributed by atoms with van der Waals surface area (Å²) in [5.41, 5.74) is 0. The summed E-state index contributed by atoms with van der Waals surface area (Å²) in [5, 5.41) is 18.4. The van der Waals surface area contributed by atoms with E-state index in [4.69, 9.17) is 0 Å². The molecule has 24 heavy (non-hydrogen) atoms. The van der Waals surface area contributed by atoms with E-state index in [1.54, 1.807) is 0 Å². The topological polar surface area (TPSA) is 74.6 Å². The van der Waals surface area contributed by atoms with Gasteiger partial charge in [0.15, 0.2) is 5.92 Å². The number of rotatable bonds is 15. The predicted molar refractivity (Wildman–Crippen MR) is 102 cm³/mol. The molecule has 2 unspecified atom stereocenters. The third-order valence-electron chi connectivity index (χ3n) is 4.93. The molecular formula is C19H38CaO4. The first-order valence-corrected chi connectivity index (χ1v) is 9.43. The van der Waals surface area contributed by atoms with Crippen molar-refractivity contribution in [1.29, 1.82) is 0 Å². The van der Waals surface area contributed by atoms with Crippen LogP contribution in [0.4, 0.5) is 0 Å². The fraction of sp³-hybridized carbons (Fsp3) is 0.895. The smallest absolute Gasteiger partial charge is 1.00 e. The van der Waals surface area contributed by atoms with Crippen molar-refractivity contribution in [3.8, 4) is 0 Å². The standard InChI is InChI=1S/C19H36O4.Ca.2H/c1-4-7-9-11-13-16(14-17(18(20)21)19(22)23)15(6-3)12-10-8-5-2;;;/h15-17H,4-14H2,1-3H3,(H,20,21)(H,22,23);;;/q;+2;2*-1. The minimum Gasteiger partial charge on any atom is -1.00 e. The van der Waals surface area contributed by atoms with E-state index in [0.29, 0.717) is 5.92 Å². The molecule has 0 aromatic heterocycles. The molecule has 4 nitrogen and oxygen atoms in total. The third kappa shape index (κ3) is 11.7. The van der Waals surface area contributed by atoms with Crippen molar-refractivity contribution in [3.63, 3.8) is 0 Å². The number of aliphatic carboxylic acids is 2. The van der Waals surface area contributed by atoms with Gasteiger partial charge in [0.1, 0.15) is 0 Å². The van der Waals surface area contributed by atoms with Gasteiger partial charge in [-0.25, -0.2) is 0 Å². The van der Waals surface area contributed by atoms with Crippen LogP contribution in [0.3, 0.4) is 0 Å². The minimum absolute atomic E-state index is 0. The summed E-state index contributed by atoms with van der Waals surface area (Å²) in [6.45, 7) is 6.49. The number of carbonyl (C=O) groups is 2. The van der Waals surface area contributed by atoms with Crippen molar-refractivity contribution >= 4 is 49.7 Å². The van der Waals surface area contributed by atoms with Crippen LogP contribution in [0.25, 0.3) is 0 Å². The van der Waals surface area contributed by atoms with Crippen molar-refractivity contribution < 1.29 is 22.7 Å². The first-order valence-electron chi connectivity index (χ1n) is 9.43. The molecule has 2 atom stereocenters. The Hall–Kier alpha value is 0.200. The van der Waals surface area contributed by atoms with E-state index in [-0.39, 0.29) is 52.9 Å². The van der Waals surface area contributed by atoms with Gasteiger partial charge in [-0.05, 0) is 18.3 Å². The number of carboxylic acid groups (broad SMARTS) is 2.